The molecule has 156 valence electrons. The predicted octanol–water partition coefficient (Wildman–Crippen LogP) is 6.69. The van der Waals surface area contributed by atoms with E-state index < -0.39 is 15.6 Å². The summed E-state index contributed by atoms with van der Waals surface area (Å²) in [6, 6.07) is 8.82. The van der Waals surface area contributed by atoms with Crippen LogP contribution in [-0.2, 0) is 16.5 Å². The van der Waals surface area contributed by atoms with Gasteiger partial charge < -0.3 is 4.18 Å². The number of fused-ring (bicyclic) bond motifs is 1. The largest absolute Gasteiger partial charge is 0.534 e. The molecule has 0 fully saturated rings. The van der Waals surface area contributed by atoms with E-state index in [1.165, 1.54) is 31.7 Å². The van der Waals surface area contributed by atoms with Crippen LogP contribution in [-0.4, -0.2) is 20.2 Å². The summed E-state index contributed by atoms with van der Waals surface area (Å²) in [7, 11) is -5.70. The minimum atomic E-state index is -5.70. The number of halogens is 3. The number of unbranched alkanes of at least 4 members (excludes halogenated alkanes) is 5. The van der Waals surface area contributed by atoms with Gasteiger partial charge in [0.25, 0.3) is 0 Å². The molecule has 0 aliphatic carbocycles. The average Bonchev–Trinajstić information content (AvgIpc) is 2.62. The van der Waals surface area contributed by atoms with Gasteiger partial charge in [-0.15, -0.1) is 11.8 Å². The van der Waals surface area contributed by atoms with Gasteiger partial charge in [0.05, 0.1) is 4.90 Å². The van der Waals surface area contributed by atoms with Gasteiger partial charge in [-0.1, -0.05) is 57.2 Å². The van der Waals surface area contributed by atoms with Gasteiger partial charge in [0.15, 0.2) is 5.75 Å². The van der Waals surface area contributed by atoms with Crippen LogP contribution in [0.15, 0.2) is 35.2 Å². The van der Waals surface area contributed by atoms with E-state index in [2.05, 4.69) is 11.1 Å². The molecule has 0 saturated heterocycles. The summed E-state index contributed by atoms with van der Waals surface area (Å²) in [6.07, 6.45) is 9.61. The van der Waals surface area contributed by atoms with Crippen molar-refractivity contribution in [1.29, 1.82) is 0 Å². The van der Waals surface area contributed by atoms with Crippen LogP contribution in [0.3, 0.4) is 0 Å². The van der Waals surface area contributed by atoms with Crippen LogP contribution in [0.4, 0.5) is 13.2 Å². The number of rotatable bonds is 10. The van der Waals surface area contributed by atoms with E-state index in [9.17, 15) is 21.6 Å². The Hall–Kier alpha value is -1.41. The summed E-state index contributed by atoms with van der Waals surface area (Å²) in [5, 5.41) is 1.49. The molecule has 0 bridgehead atoms. The third-order valence-corrected chi connectivity index (χ3v) is 6.21. The lowest BCUT2D eigenvalue weighted by Gasteiger charge is -2.13. The number of hydrogen-bond acceptors (Lipinski definition) is 4. The summed E-state index contributed by atoms with van der Waals surface area (Å²) < 4.78 is 65.2. The zero-order chi connectivity index (χ0) is 20.8. The highest BCUT2D eigenvalue weighted by atomic mass is 32.2. The molecule has 0 atom stereocenters. The van der Waals surface area contributed by atoms with E-state index in [1.807, 2.05) is 18.2 Å². The summed E-state index contributed by atoms with van der Waals surface area (Å²) in [5.74, 6) is -0.297. The maximum absolute atomic E-state index is 12.7. The van der Waals surface area contributed by atoms with E-state index in [0.29, 0.717) is 10.3 Å². The highest BCUT2D eigenvalue weighted by Gasteiger charge is 2.48. The first-order chi connectivity index (χ1) is 13.2. The van der Waals surface area contributed by atoms with Gasteiger partial charge >= 0.3 is 15.6 Å². The van der Waals surface area contributed by atoms with Crippen molar-refractivity contribution in [3.8, 4) is 5.75 Å². The normalized spacial score (nSPS) is 12.5. The molecule has 0 heterocycles. The lowest BCUT2D eigenvalue weighted by Crippen LogP contribution is -2.28. The lowest BCUT2D eigenvalue weighted by atomic mass is 10.0. The van der Waals surface area contributed by atoms with E-state index >= 15 is 0 Å². The van der Waals surface area contributed by atoms with E-state index in [0.717, 1.165) is 42.0 Å². The molecular formula is C20H25F3O3S2. The Morgan fingerprint density at radius 3 is 2.29 bits per heavy atom. The second-order valence-corrected chi connectivity index (χ2v) is 9.07. The molecule has 0 unspecified atom stereocenters. The van der Waals surface area contributed by atoms with Crippen LogP contribution in [0, 0.1) is 0 Å². The van der Waals surface area contributed by atoms with Gasteiger partial charge in [0, 0.05) is 0 Å². The Balaban J connectivity index is 2.20. The SMILES string of the molecule is CCCCCCCCc1ccc2cc(SC)c(OS(=O)(=O)C(F)(F)F)cc2c1. The van der Waals surface area contributed by atoms with Gasteiger partial charge in [-0.05, 0) is 47.6 Å². The number of thioether (sulfide) groups is 1. The molecule has 0 N–H and O–H groups in total. The Labute approximate surface area is 168 Å². The summed E-state index contributed by atoms with van der Waals surface area (Å²) >= 11 is 1.13. The van der Waals surface area contributed by atoms with E-state index in [4.69, 9.17) is 0 Å². The number of alkyl halides is 3. The third-order valence-electron chi connectivity index (χ3n) is 4.49. The van der Waals surface area contributed by atoms with Gasteiger partial charge in [-0.2, -0.15) is 21.6 Å². The van der Waals surface area contributed by atoms with Crippen molar-refractivity contribution in [3.05, 3.63) is 35.9 Å². The molecule has 0 aromatic heterocycles. The third kappa shape index (κ3) is 6.04. The molecule has 2 aromatic carbocycles. The maximum atomic E-state index is 12.7. The quantitative estimate of drug-likeness (QED) is 0.181. The fraction of sp³-hybridized carbons (Fsp3) is 0.500. The minimum Gasteiger partial charge on any atom is -0.375 e. The van der Waals surface area contributed by atoms with Crippen LogP contribution in [0.2, 0.25) is 0 Å². The number of aryl methyl sites for hydroxylation is 1. The van der Waals surface area contributed by atoms with Crippen molar-refractivity contribution in [1.82, 2.24) is 0 Å². The van der Waals surface area contributed by atoms with Crippen molar-refractivity contribution in [3.63, 3.8) is 0 Å². The van der Waals surface area contributed by atoms with Crippen molar-refractivity contribution in [2.45, 2.75) is 62.3 Å². The van der Waals surface area contributed by atoms with Gasteiger partial charge in [-0.25, -0.2) is 0 Å². The second-order valence-electron chi connectivity index (χ2n) is 6.69. The minimum absolute atomic E-state index is 0.297. The smallest absolute Gasteiger partial charge is 0.375 e. The van der Waals surface area contributed by atoms with E-state index in [1.54, 1.807) is 12.3 Å². The summed E-state index contributed by atoms with van der Waals surface area (Å²) in [5.41, 5.74) is -4.39. The van der Waals surface area contributed by atoms with Crippen molar-refractivity contribution in [2.75, 3.05) is 6.26 Å². The summed E-state index contributed by atoms with van der Waals surface area (Å²) in [6.45, 7) is 2.18. The fourth-order valence-corrected chi connectivity index (χ4v) is 4.03. The number of hydrogen-bond donors (Lipinski definition) is 0. The van der Waals surface area contributed by atoms with Crippen molar-refractivity contribution >= 4 is 32.7 Å². The molecule has 0 amide bonds. The monoisotopic (exact) mass is 434 g/mol. The van der Waals surface area contributed by atoms with E-state index in [-0.39, 0.29) is 5.75 Å². The molecule has 3 nitrogen and oxygen atoms in total. The molecule has 2 aromatic rings. The first-order valence-electron chi connectivity index (χ1n) is 9.29. The molecule has 0 aliphatic heterocycles. The molecule has 0 aliphatic rings. The summed E-state index contributed by atoms with van der Waals surface area (Å²) in [4.78, 5) is 0.337. The first-order valence-corrected chi connectivity index (χ1v) is 11.9. The Kier molecular flexibility index (Phi) is 8.07. The molecular weight excluding hydrogens is 409 g/mol. The molecule has 0 spiro atoms. The van der Waals surface area contributed by atoms with Gasteiger partial charge in [0.1, 0.15) is 0 Å². The lowest BCUT2D eigenvalue weighted by molar-refractivity contribution is -0.0500. The first kappa shape index (κ1) is 22.9. The van der Waals surface area contributed by atoms with Gasteiger partial charge in [0.2, 0.25) is 0 Å². The second kappa shape index (κ2) is 9.87. The topological polar surface area (TPSA) is 43.4 Å². The van der Waals surface area contributed by atoms with Crippen molar-refractivity contribution < 1.29 is 25.8 Å². The molecule has 0 radical (unpaired) electrons. The molecule has 0 saturated carbocycles. The zero-order valence-electron chi connectivity index (χ0n) is 16.0. The van der Waals surface area contributed by atoms with Crippen LogP contribution in [0.25, 0.3) is 10.8 Å². The zero-order valence-corrected chi connectivity index (χ0v) is 17.6. The Morgan fingerprint density at radius 1 is 0.964 bits per heavy atom. The van der Waals surface area contributed by atoms with Crippen molar-refractivity contribution in [2.24, 2.45) is 0 Å². The number of benzene rings is 2. The molecule has 28 heavy (non-hydrogen) atoms. The Morgan fingerprint density at radius 2 is 1.64 bits per heavy atom. The maximum Gasteiger partial charge on any atom is 0.534 e. The highest BCUT2D eigenvalue weighted by molar-refractivity contribution is 7.98. The van der Waals surface area contributed by atoms with Crippen LogP contribution in [0.5, 0.6) is 5.75 Å². The molecule has 8 heteroatoms. The average molecular weight is 435 g/mol. The predicted molar refractivity (Wildman–Crippen MR) is 108 cm³/mol. The van der Waals surface area contributed by atoms with Crippen LogP contribution < -0.4 is 4.18 Å². The molecule has 2 rings (SSSR count). The standard InChI is InChI=1S/C20H25F3O3S2/c1-3-4-5-6-7-8-9-15-10-11-16-14-19(27-2)18(13-17(16)12-15)26-28(24,25)20(21,22)23/h10-14H,3-9H2,1-2H3. The highest BCUT2D eigenvalue weighted by Crippen LogP contribution is 2.36. The van der Waals surface area contributed by atoms with Crippen LogP contribution >= 0.6 is 11.8 Å². The fourth-order valence-electron chi connectivity index (χ4n) is 2.96. The van der Waals surface area contributed by atoms with Crippen LogP contribution in [0.1, 0.15) is 51.0 Å². The Bertz CT molecular complexity index is 893. The van der Waals surface area contributed by atoms with Gasteiger partial charge in [-0.3, -0.25) is 0 Å².